The molecule has 0 N–H and O–H groups in total. The van der Waals surface area contributed by atoms with E-state index in [0.29, 0.717) is 28.8 Å². The first-order valence-corrected chi connectivity index (χ1v) is 14.3. The summed E-state index contributed by atoms with van der Waals surface area (Å²) >= 11 is 12.7. The minimum absolute atomic E-state index is 0.200. The molecule has 0 amide bonds. The molecule has 3 aromatic carbocycles. The Morgan fingerprint density at radius 1 is 0.976 bits per heavy atom. The van der Waals surface area contributed by atoms with E-state index in [1.54, 1.807) is 23.1 Å². The van der Waals surface area contributed by atoms with Crippen molar-refractivity contribution in [3.63, 3.8) is 0 Å². The number of anilines is 1. The van der Waals surface area contributed by atoms with Crippen LogP contribution in [0.1, 0.15) is 11.1 Å². The molecule has 2 aliphatic heterocycles. The molecule has 0 saturated carbocycles. The summed E-state index contributed by atoms with van der Waals surface area (Å²) in [6, 6.07) is 20.1. The Labute approximate surface area is 248 Å². The summed E-state index contributed by atoms with van der Waals surface area (Å²) < 4.78 is 33.6. The normalized spacial score (nSPS) is 21.3. The molecule has 6 rings (SSSR count). The molecule has 0 spiro atoms. The van der Waals surface area contributed by atoms with Gasteiger partial charge in [-0.25, -0.2) is 14.1 Å². The van der Waals surface area contributed by atoms with Crippen molar-refractivity contribution in [1.82, 2.24) is 19.7 Å². The van der Waals surface area contributed by atoms with E-state index in [-0.39, 0.29) is 18.5 Å². The lowest BCUT2D eigenvalue weighted by atomic mass is 10.1. The van der Waals surface area contributed by atoms with Crippen molar-refractivity contribution >= 4 is 28.9 Å². The monoisotopic (exact) mass is 597 g/mol. The van der Waals surface area contributed by atoms with E-state index < -0.39 is 5.79 Å². The Kier molecular flexibility index (Phi) is 8.41. The number of hydrogen-bond acceptors (Lipinski definition) is 7. The highest BCUT2D eigenvalue weighted by atomic mass is 35.5. The van der Waals surface area contributed by atoms with Gasteiger partial charge in [-0.1, -0.05) is 41.4 Å². The average Bonchev–Trinajstić information content (AvgIpc) is 3.64. The van der Waals surface area contributed by atoms with Gasteiger partial charge in [0.05, 0.1) is 11.6 Å². The quantitative estimate of drug-likeness (QED) is 0.256. The van der Waals surface area contributed by atoms with Crippen molar-refractivity contribution in [2.45, 2.75) is 25.0 Å². The highest BCUT2D eigenvalue weighted by Crippen LogP contribution is 2.40. The van der Waals surface area contributed by atoms with Crippen LogP contribution in [-0.4, -0.2) is 65.2 Å². The van der Waals surface area contributed by atoms with Crippen LogP contribution in [0.2, 0.25) is 10.0 Å². The molecule has 2 saturated heterocycles. The number of nitrogens with zero attached hydrogens (tertiary/aromatic N) is 5. The van der Waals surface area contributed by atoms with Gasteiger partial charge in [0.15, 0.2) is 0 Å². The van der Waals surface area contributed by atoms with Crippen molar-refractivity contribution in [2.24, 2.45) is 0 Å². The molecule has 2 aliphatic rings. The van der Waals surface area contributed by atoms with Gasteiger partial charge in [0.2, 0.25) is 5.79 Å². The van der Waals surface area contributed by atoms with Crippen LogP contribution < -0.4 is 9.64 Å². The lowest BCUT2D eigenvalue weighted by Gasteiger charge is -2.36. The van der Waals surface area contributed by atoms with Crippen molar-refractivity contribution in [3.05, 3.63) is 106 Å². The Balaban J connectivity index is 1.03. The molecule has 2 unspecified atom stereocenters. The molecule has 0 bridgehead atoms. The number of aromatic nitrogens is 3. The van der Waals surface area contributed by atoms with Crippen LogP contribution in [0.3, 0.4) is 0 Å². The third-order valence-electron chi connectivity index (χ3n) is 7.37. The second-order valence-corrected chi connectivity index (χ2v) is 11.1. The van der Waals surface area contributed by atoms with E-state index >= 15 is 0 Å². The molecule has 0 radical (unpaired) electrons. The number of benzene rings is 3. The van der Waals surface area contributed by atoms with Crippen LogP contribution >= 0.6 is 23.2 Å². The first-order valence-electron chi connectivity index (χ1n) is 13.5. The number of piperazine rings is 1. The van der Waals surface area contributed by atoms with Crippen LogP contribution in [0, 0.1) is 5.82 Å². The SMILES string of the molecule is Fc1ccc(CN2CCN(c3ccc(OCC4COC(Cn5cncn5)(c5ccc(Cl)cc5Cl)O4)cc3)CC2)cc1. The fourth-order valence-corrected chi connectivity index (χ4v) is 5.79. The molecular formula is C30H30Cl2FN5O3. The van der Waals surface area contributed by atoms with E-state index in [1.165, 1.54) is 18.5 Å². The van der Waals surface area contributed by atoms with Crippen molar-refractivity contribution in [3.8, 4) is 5.75 Å². The van der Waals surface area contributed by atoms with Crippen LogP contribution in [0.4, 0.5) is 10.1 Å². The predicted molar refractivity (Wildman–Crippen MR) is 155 cm³/mol. The van der Waals surface area contributed by atoms with Crippen LogP contribution in [0.5, 0.6) is 5.75 Å². The standard InChI is InChI=1S/C30H30Cl2FN5O3/c31-23-3-10-28(29(32)15-23)30(19-38-21-34-20-35-38)40-18-27(41-30)17-39-26-8-6-25(7-9-26)37-13-11-36(12-14-37)16-22-1-4-24(33)5-2-22/h1-10,15,20-21,27H,11-14,16-19H2. The molecular weight excluding hydrogens is 568 g/mol. The van der Waals surface area contributed by atoms with Crippen LogP contribution in [0.25, 0.3) is 0 Å². The molecule has 4 aromatic rings. The van der Waals surface area contributed by atoms with E-state index in [0.717, 1.165) is 49.7 Å². The molecule has 214 valence electrons. The average molecular weight is 599 g/mol. The lowest BCUT2D eigenvalue weighted by Crippen LogP contribution is -2.45. The lowest BCUT2D eigenvalue weighted by molar-refractivity contribution is -0.190. The van der Waals surface area contributed by atoms with E-state index in [1.807, 2.05) is 30.3 Å². The number of halogens is 3. The van der Waals surface area contributed by atoms with E-state index in [2.05, 4.69) is 32.0 Å². The second kappa shape index (κ2) is 12.3. The highest BCUT2D eigenvalue weighted by Gasteiger charge is 2.45. The van der Waals surface area contributed by atoms with Gasteiger partial charge >= 0.3 is 0 Å². The minimum Gasteiger partial charge on any atom is -0.491 e. The molecule has 11 heteroatoms. The van der Waals surface area contributed by atoms with Crippen molar-refractivity contribution in [1.29, 1.82) is 0 Å². The largest absolute Gasteiger partial charge is 0.491 e. The number of ether oxygens (including phenoxy) is 3. The zero-order valence-corrected chi connectivity index (χ0v) is 23.8. The molecule has 3 heterocycles. The summed E-state index contributed by atoms with van der Waals surface area (Å²) in [4.78, 5) is 8.79. The molecule has 41 heavy (non-hydrogen) atoms. The smallest absolute Gasteiger partial charge is 0.217 e. The Bertz CT molecular complexity index is 1430. The molecule has 8 nitrogen and oxygen atoms in total. The Morgan fingerprint density at radius 3 is 2.46 bits per heavy atom. The summed E-state index contributed by atoms with van der Waals surface area (Å²) in [6.45, 7) is 5.49. The molecule has 2 atom stereocenters. The van der Waals surface area contributed by atoms with Crippen LogP contribution in [0.15, 0.2) is 79.4 Å². The summed E-state index contributed by atoms with van der Waals surface area (Å²) in [6.07, 6.45) is 2.75. The fraction of sp³-hybridized carbons (Fsp3) is 0.333. The van der Waals surface area contributed by atoms with Gasteiger partial charge in [-0.05, 0) is 54.1 Å². The highest BCUT2D eigenvalue weighted by molar-refractivity contribution is 6.35. The van der Waals surface area contributed by atoms with Crippen molar-refractivity contribution in [2.75, 3.05) is 44.3 Å². The fourth-order valence-electron chi connectivity index (χ4n) is 5.24. The van der Waals surface area contributed by atoms with Crippen molar-refractivity contribution < 1.29 is 18.6 Å². The van der Waals surface area contributed by atoms with Gasteiger partial charge in [0.25, 0.3) is 0 Å². The Hall–Kier alpha value is -3.21. The number of rotatable bonds is 9. The van der Waals surface area contributed by atoms with Gasteiger partial charge in [-0.2, -0.15) is 5.10 Å². The first-order chi connectivity index (χ1) is 20.0. The first kappa shape index (κ1) is 27.9. The minimum atomic E-state index is -1.15. The summed E-state index contributed by atoms with van der Waals surface area (Å²) in [5.74, 6) is -0.591. The maximum absolute atomic E-state index is 13.2. The zero-order chi connectivity index (χ0) is 28.2. The van der Waals surface area contributed by atoms with Gasteiger partial charge in [0, 0.05) is 49.0 Å². The summed E-state index contributed by atoms with van der Waals surface area (Å²) in [7, 11) is 0. The summed E-state index contributed by atoms with van der Waals surface area (Å²) in [5, 5.41) is 5.20. The van der Waals surface area contributed by atoms with Gasteiger partial charge in [-0.15, -0.1) is 0 Å². The number of hydrogen-bond donors (Lipinski definition) is 0. The second-order valence-electron chi connectivity index (χ2n) is 10.2. The topological polar surface area (TPSA) is 64.9 Å². The molecule has 2 fully saturated rings. The zero-order valence-electron chi connectivity index (χ0n) is 22.3. The van der Waals surface area contributed by atoms with E-state index in [4.69, 9.17) is 37.4 Å². The molecule has 1 aromatic heterocycles. The maximum Gasteiger partial charge on any atom is 0.217 e. The maximum atomic E-state index is 13.2. The van der Waals surface area contributed by atoms with Gasteiger partial charge < -0.3 is 19.1 Å². The third kappa shape index (κ3) is 6.66. The van der Waals surface area contributed by atoms with E-state index in [9.17, 15) is 4.39 Å². The Morgan fingerprint density at radius 2 is 1.76 bits per heavy atom. The summed E-state index contributed by atoms with van der Waals surface area (Å²) in [5.41, 5.74) is 2.96. The predicted octanol–water partition coefficient (Wildman–Crippen LogP) is 5.39. The van der Waals surface area contributed by atoms with Gasteiger partial charge in [-0.3, -0.25) is 4.90 Å². The van der Waals surface area contributed by atoms with Gasteiger partial charge in [0.1, 0.15) is 43.5 Å². The van der Waals surface area contributed by atoms with Crippen LogP contribution in [-0.2, 0) is 28.4 Å². The molecule has 0 aliphatic carbocycles. The third-order valence-corrected chi connectivity index (χ3v) is 7.91.